The second-order valence-electron chi connectivity index (χ2n) is 2.65. The summed E-state index contributed by atoms with van der Waals surface area (Å²) in [5.74, 6) is 1.18. The molecule has 3 heteroatoms. The molecule has 0 rings (SSSR count). The van der Waals surface area contributed by atoms with E-state index in [2.05, 4.69) is 36.3 Å². The molecule has 0 fully saturated rings. The summed E-state index contributed by atoms with van der Waals surface area (Å²) in [5.41, 5.74) is 1.18. The molecule has 0 aromatic heterocycles. The van der Waals surface area contributed by atoms with Gasteiger partial charge in [0, 0.05) is 32.9 Å². The van der Waals surface area contributed by atoms with Crippen LogP contribution in [-0.2, 0) is 0 Å². The van der Waals surface area contributed by atoms with Crippen molar-refractivity contribution in [2.45, 2.75) is 20.8 Å². The molecule has 0 spiro atoms. The summed E-state index contributed by atoms with van der Waals surface area (Å²) < 4.78 is 0. The number of hydrogen-bond acceptors (Lipinski definition) is 3. The van der Waals surface area contributed by atoms with Crippen LogP contribution in [0.2, 0.25) is 0 Å². The fraction of sp³-hybridized carbons (Fsp3) is 0.778. The molecule has 0 aromatic rings. The maximum atomic E-state index is 3.20. The van der Waals surface area contributed by atoms with Crippen molar-refractivity contribution < 1.29 is 0 Å². The van der Waals surface area contributed by atoms with E-state index in [1.165, 1.54) is 11.5 Å². The summed E-state index contributed by atoms with van der Waals surface area (Å²) in [6.45, 7) is 8.45. The molecule has 0 aromatic carbocycles. The van der Waals surface area contributed by atoms with Gasteiger partial charge < -0.3 is 15.5 Å². The molecule has 0 bridgehead atoms. The Balaban J connectivity index is 4.50. The first-order valence-electron chi connectivity index (χ1n) is 4.52. The highest BCUT2D eigenvalue weighted by Gasteiger charge is 2.05. The average Bonchev–Trinajstić information content (AvgIpc) is 2.12. The van der Waals surface area contributed by atoms with E-state index in [1.807, 2.05) is 14.1 Å². The molecule has 0 aliphatic rings. The maximum Gasteiger partial charge on any atom is 0.120 e. The Labute approximate surface area is 75.8 Å². The summed E-state index contributed by atoms with van der Waals surface area (Å²) in [4.78, 5) is 2.28. The van der Waals surface area contributed by atoms with Crippen molar-refractivity contribution in [1.29, 1.82) is 0 Å². The highest BCUT2D eigenvalue weighted by atomic mass is 15.2. The molecule has 0 heterocycles. The molecule has 0 aliphatic carbocycles. The van der Waals surface area contributed by atoms with Crippen molar-refractivity contribution in [3.8, 4) is 0 Å². The van der Waals surface area contributed by atoms with Crippen molar-refractivity contribution in [3.05, 3.63) is 11.5 Å². The van der Waals surface area contributed by atoms with E-state index in [9.17, 15) is 0 Å². The number of rotatable bonds is 5. The lowest BCUT2D eigenvalue weighted by Gasteiger charge is -2.26. The molecule has 3 nitrogen and oxygen atoms in total. The third kappa shape index (κ3) is 2.64. The standard InChI is InChI=1S/C9H21N3/c1-6-12(7-2)9(11-5)8(3)10-4/h10-11H,6-7H2,1-5H3/b9-8-. The first-order chi connectivity index (χ1) is 5.71. The normalized spacial score (nSPS) is 12.1. The van der Waals surface area contributed by atoms with Gasteiger partial charge in [-0.1, -0.05) is 0 Å². The largest absolute Gasteiger partial charge is 0.389 e. The molecule has 12 heavy (non-hydrogen) atoms. The maximum absolute atomic E-state index is 3.20. The minimum Gasteiger partial charge on any atom is -0.389 e. The molecule has 0 amide bonds. The lowest BCUT2D eigenvalue weighted by molar-refractivity contribution is 0.352. The molecular formula is C9H21N3. The quantitative estimate of drug-likeness (QED) is 0.645. The van der Waals surface area contributed by atoms with E-state index in [0.717, 1.165) is 13.1 Å². The van der Waals surface area contributed by atoms with Crippen LogP contribution in [0.25, 0.3) is 0 Å². The highest BCUT2D eigenvalue weighted by molar-refractivity contribution is 5.06. The van der Waals surface area contributed by atoms with Gasteiger partial charge in [0.25, 0.3) is 0 Å². The molecule has 0 radical (unpaired) electrons. The van der Waals surface area contributed by atoms with Gasteiger partial charge in [-0.25, -0.2) is 0 Å². The van der Waals surface area contributed by atoms with Crippen LogP contribution in [0, 0.1) is 0 Å². The minimum atomic E-state index is 1.03. The van der Waals surface area contributed by atoms with Gasteiger partial charge in [0.1, 0.15) is 5.82 Å². The molecule has 0 saturated carbocycles. The summed E-state index contributed by atoms with van der Waals surface area (Å²) in [6, 6.07) is 0. The van der Waals surface area contributed by atoms with Gasteiger partial charge in [0.15, 0.2) is 0 Å². The van der Waals surface area contributed by atoms with E-state index in [-0.39, 0.29) is 0 Å². The van der Waals surface area contributed by atoms with Crippen molar-refractivity contribution in [1.82, 2.24) is 15.5 Å². The minimum absolute atomic E-state index is 1.03. The predicted octanol–water partition coefficient (Wildman–Crippen LogP) is 0.956. The Hall–Kier alpha value is -0.860. The van der Waals surface area contributed by atoms with Crippen LogP contribution in [0.15, 0.2) is 11.5 Å². The van der Waals surface area contributed by atoms with Gasteiger partial charge in [0.05, 0.1) is 0 Å². The van der Waals surface area contributed by atoms with E-state index < -0.39 is 0 Å². The smallest absolute Gasteiger partial charge is 0.120 e. The highest BCUT2D eigenvalue weighted by Crippen LogP contribution is 2.03. The van der Waals surface area contributed by atoms with Gasteiger partial charge in [-0.15, -0.1) is 0 Å². The summed E-state index contributed by atoms with van der Waals surface area (Å²) in [6.07, 6.45) is 0. The van der Waals surface area contributed by atoms with Gasteiger partial charge in [-0.2, -0.15) is 0 Å². The fourth-order valence-corrected chi connectivity index (χ4v) is 1.24. The third-order valence-electron chi connectivity index (χ3n) is 2.05. The second kappa shape index (κ2) is 5.75. The van der Waals surface area contributed by atoms with Gasteiger partial charge in [0.2, 0.25) is 0 Å². The summed E-state index contributed by atoms with van der Waals surface area (Å²) in [5, 5.41) is 6.34. The van der Waals surface area contributed by atoms with E-state index in [0.29, 0.717) is 0 Å². The molecule has 2 N–H and O–H groups in total. The Morgan fingerprint density at radius 3 is 1.83 bits per heavy atom. The van der Waals surface area contributed by atoms with Crippen LogP contribution in [0.3, 0.4) is 0 Å². The van der Waals surface area contributed by atoms with Crippen molar-refractivity contribution >= 4 is 0 Å². The van der Waals surface area contributed by atoms with Crippen LogP contribution >= 0.6 is 0 Å². The Bertz CT molecular complexity index is 148. The van der Waals surface area contributed by atoms with Gasteiger partial charge >= 0.3 is 0 Å². The summed E-state index contributed by atoms with van der Waals surface area (Å²) in [7, 11) is 3.89. The lowest BCUT2D eigenvalue weighted by Crippen LogP contribution is -2.32. The van der Waals surface area contributed by atoms with Crippen LogP contribution < -0.4 is 10.6 Å². The topological polar surface area (TPSA) is 27.3 Å². The first kappa shape index (κ1) is 11.1. The average molecular weight is 171 g/mol. The van der Waals surface area contributed by atoms with Crippen LogP contribution in [-0.4, -0.2) is 32.1 Å². The lowest BCUT2D eigenvalue weighted by atomic mass is 10.4. The number of hydrogen-bond donors (Lipinski definition) is 2. The van der Waals surface area contributed by atoms with E-state index >= 15 is 0 Å². The van der Waals surface area contributed by atoms with E-state index in [4.69, 9.17) is 0 Å². The predicted molar refractivity (Wildman–Crippen MR) is 53.7 cm³/mol. The van der Waals surface area contributed by atoms with Crippen molar-refractivity contribution in [3.63, 3.8) is 0 Å². The Kier molecular flexibility index (Phi) is 5.34. The first-order valence-corrected chi connectivity index (χ1v) is 4.52. The number of nitrogens with zero attached hydrogens (tertiary/aromatic N) is 1. The SMILES string of the molecule is CCN(CC)/C(NC)=C(/C)NC. The zero-order valence-corrected chi connectivity index (χ0v) is 8.86. The van der Waals surface area contributed by atoms with Crippen molar-refractivity contribution in [2.75, 3.05) is 27.2 Å². The van der Waals surface area contributed by atoms with Crippen LogP contribution in [0.1, 0.15) is 20.8 Å². The molecule has 0 unspecified atom stereocenters. The molecule has 0 aliphatic heterocycles. The van der Waals surface area contributed by atoms with E-state index in [1.54, 1.807) is 0 Å². The molecule has 72 valence electrons. The Morgan fingerprint density at radius 2 is 1.58 bits per heavy atom. The van der Waals surface area contributed by atoms with Gasteiger partial charge in [-0.05, 0) is 20.8 Å². The second-order valence-corrected chi connectivity index (χ2v) is 2.65. The number of nitrogens with one attached hydrogen (secondary N) is 2. The molecule has 0 saturated heterocycles. The zero-order chi connectivity index (χ0) is 9.56. The summed E-state index contributed by atoms with van der Waals surface area (Å²) >= 11 is 0. The van der Waals surface area contributed by atoms with Gasteiger partial charge in [-0.3, -0.25) is 0 Å². The monoisotopic (exact) mass is 171 g/mol. The zero-order valence-electron chi connectivity index (χ0n) is 8.86. The number of allylic oxidation sites excluding steroid dienone is 1. The molecule has 0 atom stereocenters. The van der Waals surface area contributed by atoms with Crippen LogP contribution in [0.5, 0.6) is 0 Å². The van der Waals surface area contributed by atoms with Crippen molar-refractivity contribution in [2.24, 2.45) is 0 Å². The Morgan fingerprint density at radius 1 is 1.08 bits per heavy atom. The molecular weight excluding hydrogens is 150 g/mol. The third-order valence-corrected chi connectivity index (χ3v) is 2.05. The fourth-order valence-electron chi connectivity index (χ4n) is 1.24. The van der Waals surface area contributed by atoms with Crippen LogP contribution in [0.4, 0.5) is 0 Å².